The number of rotatable bonds is 3. The Labute approximate surface area is 119 Å². The van der Waals surface area contributed by atoms with Crippen LogP contribution in [-0.2, 0) is 11.2 Å². The van der Waals surface area contributed by atoms with Gasteiger partial charge in [-0.15, -0.1) is 0 Å². The highest BCUT2D eigenvalue weighted by Crippen LogP contribution is 2.34. The van der Waals surface area contributed by atoms with Gasteiger partial charge in [0.05, 0.1) is 0 Å². The summed E-state index contributed by atoms with van der Waals surface area (Å²) in [5.74, 6) is 1.03. The van der Waals surface area contributed by atoms with E-state index in [1.165, 1.54) is 6.07 Å². The van der Waals surface area contributed by atoms with Crippen molar-refractivity contribution in [1.29, 1.82) is 0 Å². The van der Waals surface area contributed by atoms with Gasteiger partial charge >= 0.3 is 0 Å². The molecule has 2 rings (SSSR count). The van der Waals surface area contributed by atoms with E-state index in [0.29, 0.717) is 35.3 Å². The molecule has 1 fully saturated rings. The van der Waals surface area contributed by atoms with Gasteiger partial charge in [0.2, 0.25) is 0 Å². The summed E-state index contributed by atoms with van der Waals surface area (Å²) in [5, 5.41) is 0.430. The van der Waals surface area contributed by atoms with Gasteiger partial charge in [0.15, 0.2) is 0 Å². The number of halogens is 2. The predicted octanol–water partition coefficient (Wildman–Crippen LogP) is 4.66. The number of benzene rings is 1. The van der Waals surface area contributed by atoms with Gasteiger partial charge in [-0.05, 0) is 43.2 Å². The number of Topliss-reactive ketones (excluding diaryl/α,β-unsaturated/α-hetero) is 1. The summed E-state index contributed by atoms with van der Waals surface area (Å²) in [6.07, 6.45) is 2.90. The molecule has 1 saturated carbocycles. The molecule has 1 aromatic carbocycles. The molecule has 0 aromatic heterocycles. The fraction of sp³-hybridized carbons (Fsp3) is 0.562. The van der Waals surface area contributed by atoms with Gasteiger partial charge in [-0.25, -0.2) is 4.39 Å². The second-order valence-corrected chi connectivity index (χ2v) is 6.25. The molecule has 0 saturated heterocycles. The average Bonchev–Trinajstić information content (AvgIpc) is 2.35. The van der Waals surface area contributed by atoms with Crippen LogP contribution >= 0.6 is 11.6 Å². The van der Waals surface area contributed by atoms with E-state index in [2.05, 4.69) is 13.8 Å². The lowest BCUT2D eigenvalue weighted by Crippen LogP contribution is -2.29. The Morgan fingerprint density at radius 2 is 2.16 bits per heavy atom. The zero-order chi connectivity index (χ0) is 14.0. The molecule has 1 aliphatic rings. The zero-order valence-corrected chi connectivity index (χ0v) is 12.2. The Bertz CT molecular complexity index is 450. The molecule has 1 aliphatic carbocycles. The molecule has 0 aliphatic heterocycles. The Morgan fingerprint density at radius 3 is 2.79 bits per heavy atom. The monoisotopic (exact) mass is 282 g/mol. The van der Waals surface area contributed by atoms with Crippen LogP contribution in [0.4, 0.5) is 4.39 Å². The van der Waals surface area contributed by atoms with Crippen molar-refractivity contribution in [2.45, 2.75) is 39.5 Å². The van der Waals surface area contributed by atoms with E-state index >= 15 is 0 Å². The minimum absolute atomic E-state index is 0.0736. The first-order valence-electron chi connectivity index (χ1n) is 6.94. The topological polar surface area (TPSA) is 17.1 Å². The van der Waals surface area contributed by atoms with Crippen LogP contribution in [0.15, 0.2) is 18.2 Å². The molecule has 0 N–H and O–H groups in total. The number of hydrogen-bond acceptors (Lipinski definition) is 1. The molecule has 1 nitrogen and oxygen atoms in total. The molecule has 0 radical (unpaired) electrons. The van der Waals surface area contributed by atoms with Gasteiger partial charge in [-0.1, -0.05) is 31.5 Å². The van der Waals surface area contributed by atoms with E-state index in [0.717, 1.165) is 12.8 Å². The molecule has 2 unspecified atom stereocenters. The third-order valence-corrected chi connectivity index (χ3v) is 4.61. The van der Waals surface area contributed by atoms with Crippen LogP contribution in [0.5, 0.6) is 0 Å². The number of carbonyl (C=O) groups excluding carboxylic acids is 1. The molecule has 0 bridgehead atoms. The van der Waals surface area contributed by atoms with Crippen molar-refractivity contribution < 1.29 is 9.18 Å². The van der Waals surface area contributed by atoms with E-state index in [9.17, 15) is 9.18 Å². The molecular weight excluding hydrogens is 263 g/mol. The Kier molecular flexibility index (Phi) is 4.62. The van der Waals surface area contributed by atoms with Crippen molar-refractivity contribution in [3.63, 3.8) is 0 Å². The Balaban J connectivity index is 2.14. The van der Waals surface area contributed by atoms with Crippen LogP contribution in [0, 0.1) is 23.6 Å². The molecule has 19 heavy (non-hydrogen) atoms. The smallest absolute Gasteiger partial charge is 0.136 e. The maximum absolute atomic E-state index is 13.8. The van der Waals surface area contributed by atoms with Crippen LogP contribution in [0.25, 0.3) is 0 Å². The molecule has 0 amide bonds. The van der Waals surface area contributed by atoms with Gasteiger partial charge in [-0.2, -0.15) is 0 Å². The molecule has 1 aromatic rings. The summed E-state index contributed by atoms with van der Waals surface area (Å²) in [6, 6.07) is 4.70. The highest BCUT2D eigenvalue weighted by atomic mass is 35.5. The largest absolute Gasteiger partial charge is 0.299 e. The van der Waals surface area contributed by atoms with Crippen molar-refractivity contribution in [2.75, 3.05) is 0 Å². The van der Waals surface area contributed by atoms with Gasteiger partial charge in [0.25, 0.3) is 0 Å². The van der Waals surface area contributed by atoms with Crippen LogP contribution in [0.1, 0.15) is 38.7 Å². The highest BCUT2D eigenvalue weighted by Gasteiger charge is 2.31. The lowest BCUT2D eigenvalue weighted by atomic mass is 9.73. The minimum atomic E-state index is -0.299. The summed E-state index contributed by atoms with van der Waals surface area (Å²) >= 11 is 6.04. The van der Waals surface area contributed by atoms with Crippen molar-refractivity contribution in [2.24, 2.45) is 17.8 Å². The van der Waals surface area contributed by atoms with E-state index in [4.69, 9.17) is 11.6 Å². The maximum Gasteiger partial charge on any atom is 0.136 e. The van der Waals surface area contributed by atoms with E-state index < -0.39 is 0 Å². The first-order chi connectivity index (χ1) is 8.99. The average molecular weight is 283 g/mol. The summed E-state index contributed by atoms with van der Waals surface area (Å²) in [5.41, 5.74) is 0.493. The van der Waals surface area contributed by atoms with Crippen molar-refractivity contribution in [3.05, 3.63) is 34.6 Å². The summed E-state index contributed by atoms with van der Waals surface area (Å²) in [4.78, 5) is 12.0. The summed E-state index contributed by atoms with van der Waals surface area (Å²) in [7, 11) is 0. The maximum atomic E-state index is 13.8. The minimum Gasteiger partial charge on any atom is -0.299 e. The molecule has 2 atom stereocenters. The fourth-order valence-corrected chi connectivity index (χ4v) is 3.16. The van der Waals surface area contributed by atoms with Gasteiger partial charge in [0, 0.05) is 22.9 Å². The number of carbonyl (C=O) groups is 1. The van der Waals surface area contributed by atoms with Gasteiger partial charge < -0.3 is 0 Å². The third kappa shape index (κ3) is 3.36. The Morgan fingerprint density at radius 1 is 1.42 bits per heavy atom. The van der Waals surface area contributed by atoms with Crippen molar-refractivity contribution >= 4 is 17.4 Å². The number of ketones is 1. The van der Waals surface area contributed by atoms with Crippen molar-refractivity contribution in [3.8, 4) is 0 Å². The zero-order valence-electron chi connectivity index (χ0n) is 11.5. The van der Waals surface area contributed by atoms with Crippen LogP contribution in [0.2, 0.25) is 5.02 Å². The fourth-order valence-electron chi connectivity index (χ4n) is 2.92. The van der Waals surface area contributed by atoms with Gasteiger partial charge in [-0.3, -0.25) is 4.79 Å². The van der Waals surface area contributed by atoms with Crippen LogP contribution < -0.4 is 0 Å². The predicted molar refractivity (Wildman–Crippen MR) is 75.8 cm³/mol. The SMILES string of the molecule is CC(C)C1CCC(=O)C(Cc2c(F)cccc2Cl)C1. The second kappa shape index (κ2) is 6.04. The lowest BCUT2D eigenvalue weighted by Gasteiger charge is -2.30. The standard InChI is InChI=1S/C16H20ClFO/c1-10(2)11-6-7-16(19)12(8-11)9-13-14(17)4-3-5-15(13)18/h3-5,10-12H,6-9H2,1-2H3. The third-order valence-electron chi connectivity index (χ3n) is 4.26. The van der Waals surface area contributed by atoms with Crippen molar-refractivity contribution in [1.82, 2.24) is 0 Å². The van der Waals surface area contributed by atoms with Crippen LogP contribution in [0.3, 0.4) is 0 Å². The molecular formula is C16H20ClFO. The second-order valence-electron chi connectivity index (χ2n) is 5.85. The Hall–Kier alpha value is -0.890. The van der Waals surface area contributed by atoms with E-state index in [1.807, 2.05) is 0 Å². The van der Waals surface area contributed by atoms with Gasteiger partial charge in [0.1, 0.15) is 11.6 Å². The number of hydrogen-bond donors (Lipinski definition) is 0. The normalized spacial score (nSPS) is 23.9. The van der Waals surface area contributed by atoms with Crippen LogP contribution in [-0.4, -0.2) is 5.78 Å². The first-order valence-corrected chi connectivity index (χ1v) is 7.32. The quantitative estimate of drug-likeness (QED) is 0.788. The molecule has 104 valence electrons. The first kappa shape index (κ1) is 14.5. The van der Waals surface area contributed by atoms with E-state index in [1.54, 1.807) is 12.1 Å². The lowest BCUT2D eigenvalue weighted by molar-refractivity contribution is -0.125. The molecule has 3 heteroatoms. The molecule has 0 spiro atoms. The molecule has 0 heterocycles. The van der Waals surface area contributed by atoms with E-state index in [-0.39, 0.29) is 17.5 Å². The highest BCUT2D eigenvalue weighted by molar-refractivity contribution is 6.31. The summed E-state index contributed by atoms with van der Waals surface area (Å²) < 4.78 is 13.8. The summed E-state index contributed by atoms with van der Waals surface area (Å²) in [6.45, 7) is 4.38.